The normalized spacial score (nSPS) is 21.8. The van der Waals surface area contributed by atoms with Gasteiger partial charge in [0.15, 0.2) is 0 Å². The van der Waals surface area contributed by atoms with Crippen molar-refractivity contribution in [2.45, 2.75) is 31.9 Å². The van der Waals surface area contributed by atoms with Gasteiger partial charge < -0.3 is 14.6 Å². The molecule has 4 nitrogen and oxygen atoms in total. The number of hydrogen-bond acceptors (Lipinski definition) is 2. The number of carbonyl (C=O) groups is 1. The van der Waals surface area contributed by atoms with Gasteiger partial charge in [-0.1, -0.05) is 11.6 Å². The van der Waals surface area contributed by atoms with Crippen molar-refractivity contribution in [2.24, 2.45) is 5.92 Å². The number of likely N-dealkylation sites (tertiary alicyclic amines) is 1. The monoisotopic (exact) mass is 268 g/mol. The van der Waals surface area contributed by atoms with Crippen LogP contribution in [0.4, 0.5) is 0 Å². The molecule has 1 N–H and O–H groups in total. The number of rotatable bonds is 3. The molecular formula is C13H17ClN2O2. The fraction of sp³-hybridized carbons (Fsp3) is 0.615. The van der Waals surface area contributed by atoms with Crippen LogP contribution in [0.2, 0.25) is 5.02 Å². The molecule has 18 heavy (non-hydrogen) atoms. The average molecular weight is 269 g/mol. The Morgan fingerprint density at radius 1 is 1.56 bits per heavy atom. The molecule has 1 saturated carbocycles. The lowest BCUT2D eigenvalue weighted by Crippen LogP contribution is -2.64. The van der Waals surface area contributed by atoms with E-state index in [1.165, 1.54) is 0 Å². The van der Waals surface area contributed by atoms with Crippen LogP contribution in [0.15, 0.2) is 12.3 Å². The number of hydrogen-bond donors (Lipinski definition) is 1. The minimum absolute atomic E-state index is 0.0333. The SMILES string of the molecule is CCn1cc(Cl)cc1C(=O)N1CC(O)(C2CC2)C1. The van der Waals surface area contributed by atoms with Crippen molar-refractivity contribution in [3.8, 4) is 0 Å². The maximum atomic E-state index is 12.3. The molecule has 0 aromatic carbocycles. The summed E-state index contributed by atoms with van der Waals surface area (Å²) in [7, 11) is 0. The molecule has 1 amide bonds. The second-order valence-electron chi connectivity index (χ2n) is 5.37. The Balaban J connectivity index is 1.72. The highest BCUT2D eigenvalue weighted by Gasteiger charge is 2.53. The van der Waals surface area contributed by atoms with Crippen LogP contribution in [0.25, 0.3) is 0 Å². The van der Waals surface area contributed by atoms with Gasteiger partial charge in [-0.2, -0.15) is 0 Å². The van der Waals surface area contributed by atoms with E-state index in [2.05, 4.69) is 0 Å². The topological polar surface area (TPSA) is 45.5 Å². The second kappa shape index (κ2) is 4.00. The van der Waals surface area contributed by atoms with Crippen molar-refractivity contribution in [1.29, 1.82) is 0 Å². The van der Waals surface area contributed by atoms with Crippen LogP contribution in [0.5, 0.6) is 0 Å². The number of carbonyl (C=O) groups excluding carboxylic acids is 1. The smallest absolute Gasteiger partial charge is 0.270 e. The van der Waals surface area contributed by atoms with Crippen molar-refractivity contribution in [1.82, 2.24) is 9.47 Å². The molecule has 0 unspecified atom stereocenters. The molecule has 1 aromatic heterocycles. The minimum atomic E-state index is -0.622. The maximum absolute atomic E-state index is 12.3. The largest absolute Gasteiger partial charge is 0.386 e. The maximum Gasteiger partial charge on any atom is 0.270 e. The third kappa shape index (κ3) is 1.84. The van der Waals surface area contributed by atoms with Crippen LogP contribution in [-0.2, 0) is 6.54 Å². The minimum Gasteiger partial charge on any atom is -0.386 e. The Morgan fingerprint density at radius 3 is 2.78 bits per heavy atom. The first-order chi connectivity index (χ1) is 8.53. The van der Waals surface area contributed by atoms with E-state index in [-0.39, 0.29) is 5.91 Å². The number of aliphatic hydroxyl groups is 1. The summed E-state index contributed by atoms with van der Waals surface area (Å²) in [6.07, 6.45) is 3.95. The van der Waals surface area contributed by atoms with Crippen LogP contribution in [0.1, 0.15) is 30.3 Å². The molecule has 1 saturated heterocycles. The van der Waals surface area contributed by atoms with Gasteiger partial charge in [-0.3, -0.25) is 4.79 Å². The summed E-state index contributed by atoms with van der Waals surface area (Å²) in [5.41, 5.74) is -0.0105. The molecule has 0 bridgehead atoms. The van der Waals surface area contributed by atoms with Crippen LogP contribution < -0.4 is 0 Å². The van der Waals surface area contributed by atoms with E-state index < -0.39 is 5.60 Å². The molecule has 5 heteroatoms. The van der Waals surface area contributed by atoms with Crippen molar-refractivity contribution in [3.05, 3.63) is 23.0 Å². The first kappa shape index (κ1) is 12.1. The summed E-state index contributed by atoms with van der Waals surface area (Å²) in [4.78, 5) is 14.0. The second-order valence-corrected chi connectivity index (χ2v) is 5.81. The highest BCUT2D eigenvalue weighted by molar-refractivity contribution is 6.31. The molecule has 0 atom stereocenters. The van der Waals surface area contributed by atoms with Crippen molar-refractivity contribution < 1.29 is 9.90 Å². The lowest BCUT2D eigenvalue weighted by molar-refractivity contribution is -0.0960. The van der Waals surface area contributed by atoms with Crippen molar-refractivity contribution >= 4 is 17.5 Å². The molecule has 2 heterocycles. The standard InChI is InChI=1S/C13H17ClN2O2/c1-2-15-6-10(14)5-11(15)12(17)16-7-13(18,8-16)9-3-4-9/h5-6,9,18H,2-4,7-8H2,1H3. The molecule has 98 valence electrons. The Hall–Kier alpha value is -1.00. The molecule has 0 radical (unpaired) electrons. The first-order valence-corrected chi connectivity index (χ1v) is 6.78. The molecular weight excluding hydrogens is 252 g/mol. The Labute approximate surface area is 111 Å². The van der Waals surface area contributed by atoms with Gasteiger partial charge in [-0.15, -0.1) is 0 Å². The van der Waals surface area contributed by atoms with Gasteiger partial charge >= 0.3 is 0 Å². The third-order valence-electron chi connectivity index (χ3n) is 3.98. The number of amides is 1. The van der Waals surface area contributed by atoms with E-state index in [1.54, 1.807) is 17.2 Å². The molecule has 2 aliphatic rings. The summed E-state index contributed by atoms with van der Waals surface area (Å²) in [5.74, 6) is 0.372. The van der Waals surface area contributed by atoms with E-state index in [4.69, 9.17) is 11.6 Å². The third-order valence-corrected chi connectivity index (χ3v) is 4.18. The predicted molar refractivity (Wildman–Crippen MR) is 68.7 cm³/mol. The van der Waals surface area contributed by atoms with Gasteiger partial charge in [-0.05, 0) is 31.7 Å². The zero-order chi connectivity index (χ0) is 12.9. The van der Waals surface area contributed by atoms with Crippen LogP contribution >= 0.6 is 11.6 Å². The van der Waals surface area contributed by atoms with E-state index in [1.807, 2.05) is 11.5 Å². The fourth-order valence-corrected chi connectivity index (χ4v) is 2.94. The Bertz CT molecular complexity index is 487. The zero-order valence-electron chi connectivity index (χ0n) is 10.4. The molecule has 2 fully saturated rings. The van der Waals surface area contributed by atoms with E-state index in [0.717, 1.165) is 12.8 Å². The van der Waals surface area contributed by atoms with E-state index in [0.29, 0.717) is 36.3 Å². The molecule has 1 aromatic rings. The molecule has 3 rings (SSSR count). The fourth-order valence-electron chi connectivity index (χ4n) is 2.71. The summed E-state index contributed by atoms with van der Waals surface area (Å²) >= 11 is 5.93. The summed E-state index contributed by atoms with van der Waals surface area (Å²) in [6, 6.07) is 1.70. The average Bonchev–Trinajstić information content (AvgIpc) is 3.08. The van der Waals surface area contributed by atoms with Gasteiger partial charge in [0, 0.05) is 12.7 Å². The van der Waals surface area contributed by atoms with Crippen LogP contribution in [0, 0.1) is 5.92 Å². The number of aryl methyl sites for hydroxylation is 1. The van der Waals surface area contributed by atoms with Gasteiger partial charge in [0.25, 0.3) is 5.91 Å². The van der Waals surface area contributed by atoms with Crippen molar-refractivity contribution in [2.75, 3.05) is 13.1 Å². The number of β-amino-alcohol motifs (C(OH)–C–C–N with tert-alkyl or cyclic N) is 1. The lowest BCUT2D eigenvalue weighted by atomic mass is 9.88. The zero-order valence-corrected chi connectivity index (χ0v) is 11.2. The van der Waals surface area contributed by atoms with Gasteiger partial charge in [-0.25, -0.2) is 0 Å². The summed E-state index contributed by atoms with van der Waals surface area (Å²) in [5, 5.41) is 10.8. The Morgan fingerprint density at radius 2 is 2.22 bits per heavy atom. The van der Waals surface area contributed by atoms with Gasteiger partial charge in [0.1, 0.15) is 11.3 Å². The van der Waals surface area contributed by atoms with Gasteiger partial charge in [0.05, 0.1) is 18.1 Å². The van der Waals surface area contributed by atoms with Gasteiger partial charge in [0.2, 0.25) is 0 Å². The van der Waals surface area contributed by atoms with E-state index in [9.17, 15) is 9.90 Å². The highest BCUT2D eigenvalue weighted by atomic mass is 35.5. The highest BCUT2D eigenvalue weighted by Crippen LogP contribution is 2.44. The quantitative estimate of drug-likeness (QED) is 0.908. The van der Waals surface area contributed by atoms with E-state index >= 15 is 0 Å². The summed E-state index contributed by atoms with van der Waals surface area (Å²) < 4.78 is 1.85. The Kier molecular flexibility index (Phi) is 2.68. The first-order valence-electron chi connectivity index (χ1n) is 6.41. The predicted octanol–water partition coefficient (Wildman–Crippen LogP) is 1.76. The van der Waals surface area contributed by atoms with Crippen LogP contribution in [0.3, 0.4) is 0 Å². The summed E-state index contributed by atoms with van der Waals surface area (Å²) in [6.45, 7) is 3.62. The lowest BCUT2D eigenvalue weighted by Gasteiger charge is -2.46. The molecule has 1 aliphatic carbocycles. The molecule has 1 aliphatic heterocycles. The number of nitrogens with zero attached hydrogens (tertiary/aromatic N) is 2. The number of halogens is 1. The van der Waals surface area contributed by atoms with Crippen molar-refractivity contribution in [3.63, 3.8) is 0 Å². The number of aromatic nitrogens is 1. The van der Waals surface area contributed by atoms with Crippen LogP contribution in [-0.4, -0.2) is 39.2 Å². The molecule has 0 spiro atoms.